The molecule has 1 aromatic rings. The molecule has 5 heteroatoms. The van der Waals surface area contributed by atoms with E-state index in [9.17, 15) is 0 Å². The summed E-state index contributed by atoms with van der Waals surface area (Å²) in [6.07, 6.45) is 0.0340. The summed E-state index contributed by atoms with van der Waals surface area (Å²) in [5.41, 5.74) is 1.08. The van der Waals surface area contributed by atoms with Crippen molar-refractivity contribution in [1.29, 1.82) is 0 Å². The van der Waals surface area contributed by atoms with Crippen LogP contribution in [0.3, 0.4) is 0 Å². The Kier molecular flexibility index (Phi) is 7.36. The molecule has 2 atom stereocenters. The van der Waals surface area contributed by atoms with Crippen molar-refractivity contribution < 1.29 is 18.9 Å². The summed E-state index contributed by atoms with van der Waals surface area (Å²) >= 11 is 0. The normalized spacial score (nSPS) is 13.8. The van der Waals surface area contributed by atoms with Crippen LogP contribution in [0.4, 0.5) is 0 Å². The molecule has 0 aliphatic carbocycles. The molecule has 0 heterocycles. The van der Waals surface area contributed by atoms with Gasteiger partial charge in [0, 0.05) is 38.4 Å². The average molecular weight is 283 g/mol. The number of methoxy groups -OCH3 is 4. The summed E-state index contributed by atoms with van der Waals surface area (Å²) in [4.78, 5) is 0. The molecule has 1 N–H and O–H groups in total. The van der Waals surface area contributed by atoms with Crippen LogP contribution in [-0.4, -0.2) is 47.7 Å². The van der Waals surface area contributed by atoms with Gasteiger partial charge in [0.25, 0.3) is 0 Å². The third-order valence-corrected chi connectivity index (χ3v) is 3.24. The second-order valence-electron chi connectivity index (χ2n) is 4.55. The predicted octanol–water partition coefficient (Wildman–Crippen LogP) is 2.02. The largest absolute Gasteiger partial charge is 0.497 e. The molecule has 20 heavy (non-hydrogen) atoms. The van der Waals surface area contributed by atoms with Crippen molar-refractivity contribution in [2.75, 3.05) is 41.6 Å². The molecule has 0 spiro atoms. The lowest BCUT2D eigenvalue weighted by atomic mass is 10.1. The molecule has 5 nitrogen and oxygen atoms in total. The van der Waals surface area contributed by atoms with Gasteiger partial charge in [0.1, 0.15) is 11.5 Å². The van der Waals surface area contributed by atoms with Gasteiger partial charge in [-0.3, -0.25) is 0 Å². The standard InChI is InChI=1S/C15H25NO4/c1-11(16-9-13(19-4)10-17-2)14-7-6-12(18-3)8-15(14)20-5/h6-8,11,13,16H,9-10H2,1-5H3. The van der Waals surface area contributed by atoms with E-state index in [0.717, 1.165) is 17.1 Å². The highest BCUT2D eigenvalue weighted by Gasteiger charge is 2.14. The van der Waals surface area contributed by atoms with Gasteiger partial charge in [0.2, 0.25) is 0 Å². The minimum absolute atomic E-state index is 0.0340. The predicted molar refractivity (Wildman–Crippen MR) is 78.6 cm³/mol. The molecule has 0 saturated heterocycles. The van der Waals surface area contributed by atoms with E-state index in [4.69, 9.17) is 18.9 Å². The van der Waals surface area contributed by atoms with Gasteiger partial charge in [0.15, 0.2) is 0 Å². The minimum Gasteiger partial charge on any atom is -0.497 e. The molecular weight excluding hydrogens is 258 g/mol. The van der Waals surface area contributed by atoms with Crippen LogP contribution in [0.25, 0.3) is 0 Å². The number of nitrogens with one attached hydrogen (secondary N) is 1. The monoisotopic (exact) mass is 283 g/mol. The molecule has 0 amide bonds. The van der Waals surface area contributed by atoms with Gasteiger partial charge < -0.3 is 24.3 Å². The molecule has 0 aliphatic heterocycles. The zero-order valence-electron chi connectivity index (χ0n) is 12.9. The maximum Gasteiger partial charge on any atom is 0.127 e. The summed E-state index contributed by atoms with van der Waals surface area (Å²) in [7, 11) is 6.66. The van der Waals surface area contributed by atoms with Crippen molar-refractivity contribution in [3.8, 4) is 11.5 Å². The summed E-state index contributed by atoms with van der Waals surface area (Å²) in [5.74, 6) is 1.59. The van der Waals surface area contributed by atoms with E-state index >= 15 is 0 Å². The van der Waals surface area contributed by atoms with Crippen LogP contribution in [0.2, 0.25) is 0 Å². The van der Waals surface area contributed by atoms with E-state index in [0.29, 0.717) is 13.2 Å². The van der Waals surface area contributed by atoms with Gasteiger partial charge in [-0.25, -0.2) is 0 Å². The van der Waals surface area contributed by atoms with Crippen LogP contribution in [0.15, 0.2) is 18.2 Å². The first-order chi connectivity index (χ1) is 9.65. The van der Waals surface area contributed by atoms with E-state index in [1.165, 1.54) is 0 Å². The molecule has 1 aromatic carbocycles. The highest BCUT2D eigenvalue weighted by atomic mass is 16.5. The van der Waals surface area contributed by atoms with Crippen LogP contribution >= 0.6 is 0 Å². The molecule has 0 radical (unpaired) electrons. The smallest absolute Gasteiger partial charge is 0.127 e. The molecule has 2 unspecified atom stereocenters. The first-order valence-corrected chi connectivity index (χ1v) is 6.63. The SMILES string of the molecule is COCC(CNC(C)c1ccc(OC)cc1OC)OC. The zero-order chi connectivity index (χ0) is 15.0. The van der Waals surface area contributed by atoms with Crippen LogP contribution in [0, 0.1) is 0 Å². The van der Waals surface area contributed by atoms with Crippen molar-refractivity contribution in [2.45, 2.75) is 19.1 Å². The van der Waals surface area contributed by atoms with Crippen molar-refractivity contribution in [1.82, 2.24) is 5.32 Å². The van der Waals surface area contributed by atoms with Crippen LogP contribution < -0.4 is 14.8 Å². The van der Waals surface area contributed by atoms with Crippen LogP contribution in [0.5, 0.6) is 11.5 Å². The van der Waals surface area contributed by atoms with Crippen molar-refractivity contribution in [3.05, 3.63) is 23.8 Å². The lowest BCUT2D eigenvalue weighted by molar-refractivity contribution is 0.0276. The van der Waals surface area contributed by atoms with E-state index in [1.807, 2.05) is 18.2 Å². The Bertz CT molecular complexity index is 397. The summed E-state index contributed by atoms with van der Waals surface area (Å²) in [6, 6.07) is 5.97. The van der Waals surface area contributed by atoms with Gasteiger partial charge in [-0.05, 0) is 13.0 Å². The Morgan fingerprint density at radius 3 is 2.40 bits per heavy atom. The number of hydrogen-bond donors (Lipinski definition) is 1. The minimum atomic E-state index is 0.0340. The Labute approximate surface area is 121 Å². The number of ether oxygens (including phenoxy) is 4. The molecule has 114 valence electrons. The Hall–Kier alpha value is -1.30. The fourth-order valence-corrected chi connectivity index (χ4v) is 1.99. The average Bonchev–Trinajstić information content (AvgIpc) is 2.50. The second-order valence-corrected chi connectivity index (χ2v) is 4.55. The van der Waals surface area contributed by atoms with Gasteiger partial charge >= 0.3 is 0 Å². The highest BCUT2D eigenvalue weighted by Crippen LogP contribution is 2.29. The van der Waals surface area contributed by atoms with Crippen LogP contribution in [0.1, 0.15) is 18.5 Å². The molecule has 0 saturated carbocycles. The highest BCUT2D eigenvalue weighted by molar-refractivity contribution is 5.42. The fourth-order valence-electron chi connectivity index (χ4n) is 1.99. The van der Waals surface area contributed by atoms with E-state index in [2.05, 4.69) is 12.2 Å². The molecule has 0 aromatic heterocycles. The maximum absolute atomic E-state index is 5.41. The number of benzene rings is 1. The first-order valence-electron chi connectivity index (χ1n) is 6.63. The Morgan fingerprint density at radius 1 is 1.10 bits per heavy atom. The number of rotatable bonds is 9. The molecule has 1 rings (SSSR count). The van der Waals surface area contributed by atoms with Gasteiger partial charge in [-0.2, -0.15) is 0 Å². The van der Waals surface area contributed by atoms with Gasteiger partial charge in [-0.15, -0.1) is 0 Å². The van der Waals surface area contributed by atoms with Gasteiger partial charge in [-0.1, -0.05) is 6.07 Å². The van der Waals surface area contributed by atoms with E-state index < -0.39 is 0 Å². The molecular formula is C15H25NO4. The summed E-state index contributed by atoms with van der Waals surface area (Å²) in [5, 5.41) is 3.42. The first kappa shape index (κ1) is 16.8. The lowest BCUT2D eigenvalue weighted by Gasteiger charge is -2.21. The topological polar surface area (TPSA) is 49.0 Å². The second kappa shape index (κ2) is 8.79. The quantitative estimate of drug-likeness (QED) is 0.751. The molecule has 0 bridgehead atoms. The van der Waals surface area contributed by atoms with Crippen molar-refractivity contribution >= 4 is 0 Å². The van der Waals surface area contributed by atoms with Crippen LogP contribution in [-0.2, 0) is 9.47 Å². The summed E-state index contributed by atoms with van der Waals surface area (Å²) in [6.45, 7) is 3.36. The fraction of sp³-hybridized carbons (Fsp3) is 0.600. The Morgan fingerprint density at radius 2 is 1.85 bits per heavy atom. The summed E-state index contributed by atoms with van der Waals surface area (Å²) < 4.78 is 21.0. The molecule has 0 fully saturated rings. The Balaban J connectivity index is 2.69. The third-order valence-electron chi connectivity index (χ3n) is 3.24. The zero-order valence-corrected chi connectivity index (χ0v) is 12.9. The third kappa shape index (κ3) is 4.67. The lowest BCUT2D eigenvalue weighted by Crippen LogP contribution is -2.33. The maximum atomic E-state index is 5.41. The van der Waals surface area contributed by atoms with E-state index in [-0.39, 0.29) is 12.1 Å². The van der Waals surface area contributed by atoms with E-state index in [1.54, 1.807) is 28.4 Å². The van der Waals surface area contributed by atoms with Crippen molar-refractivity contribution in [3.63, 3.8) is 0 Å². The van der Waals surface area contributed by atoms with Crippen molar-refractivity contribution in [2.24, 2.45) is 0 Å². The molecule has 0 aliphatic rings. The van der Waals surface area contributed by atoms with Gasteiger partial charge in [0.05, 0.1) is 26.9 Å². The number of hydrogen-bond acceptors (Lipinski definition) is 5.